The predicted octanol–water partition coefficient (Wildman–Crippen LogP) is 4.50. The van der Waals surface area contributed by atoms with Gasteiger partial charge in [-0.3, -0.25) is 0 Å². The number of nitrogens with zero attached hydrogens (tertiary/aromatic N) is 1. The Morgan fingerprint density at radius 3 is 2.62 bits per heavy atom. The summed E-state index contributed by atoms with van der Waals surface area (Å²) in [6.45, 7) is 4.20. The Kier molecular flexibility index (Phi) is 3.95. The molecule has 0 bridgehead atoms. The van der Waals surface area contributed by atoms with Gasteiger partial charge in [-0.15, -0.1) is 0 Å². The third kappa shape index (κ3) is 2.94. The largest absolute Gasteiger partial charge is 0.392 e. The molecule has 1 N–H and O–H groups in total. The van der Waals surface area contributed by atoms with E-state index in [-0.39, 0.29) is 6.61 Å². The summed E-state index contributed by atoms with van der Waals surface area (Å²) in [6, 6.07) is 16.4. The van der Waals surface area contributed by atoms with Crippen LogP contribution in [0, 0.1) is 13.8 Å². The molecule has 0 saturated carbocycles. The van der Waals surface area contributed by atoms with Crippen LogP contribution in [0.2, 0.25) is 0 Å². The van der Waals surface area contributed by atoms with Gasteiger partial charge in [-0.05, 0) is 37.6 Å². The second-order valence-corrected chi connectivity index (χ2v) is 6.21. The monoisotopic (exact) mass is 295 g/mol. The van der Waals surface area contributed by atoms with Crippen molar-refractivity contribution in [2.24, 2.45) is 0 Å². The molecule has 0 unspecified atom stereocenters. The fraction of sp³-hybridized carbons (Fsp3) is 0.167. The molecule has 2 aromatic carbocycles. The van der Waals surface area contributed by atoms with Gasteiger partial charge in [0.2, 0.25) is 0 Å². The van der Waals surface area contributed by atoms with E-state index in [4.69, 9.17) is 4.98 Å². The predicted molar refractivity (Wildman–Crippen MR) is 87.7 cm³/mol. The highest BCUT2D eigenvalue weighted by Crippen LogP contribution is 2.33. The number of aromatic nitrogens is 1. The summed E-state index contributed by atoms with van der Waals surface area (Å²) < 4.78 is 0. The van der Waals surface area contributed by atoms with Gasteiger partial charge < -0.3 is 5.11 Å². The third-order valence-electron chi connectivity index (χ3n) is 3.47. The molecule has 0 fully saturated rings. The molecular formula is C18H17NOS. The number of benzene rings is 2. The van der Waals surface area contributed by atoms with E-state index < -0.39 is 0 Å². The Labute approximate surface area is 128 Å². The first kappa shape index (κ1) is 14.1. The Bertz CT molecular complexity index is 798. The Hall–Kier alpha value is -1.84. The molecule has 0 radical (unpaired) electrons. The fourth-order valence-corrected chi connectivity index (χ4v) is 3.32. The van der Waals surface area contributed by atoms with Crippen molar-refractivity contribution in [2.45, 2.75) is 30.4 Å². The van der Waals surface area contributed by atoms with Gasteiger partial charge >= 0.3 is 0 Å². The van der Waals surface area contributed by atoms with Crippen LogP contribution in [0.4, 0.5) is 0 Å². The molecule has 2 nitrogen and oxygen atoms in total. The van der Waals surface area contributed by atoms with Crippen molar-refractivity contribution in [3.8, 4) is 0 Å². The second kappa shape index (κ2) is 5.88. The molecule has 3 heteroatoms. The molecule has 0 spiro atoms. The molecular weight excluding hydrogens is 278 g/mol. The maximum atomic E-state index is 9.62. The molecule has 0 saturated heterocycles. The zero-order valence-corrected chi connectivity index (χ0v) is 12.9. The van der Waals surface area contributed by atoms with E-state index in [0.717, 1.165) is 21.5 Å². The van der Waals surface area contributed by atoms with Crippen molar-refractivity contribution in [1.29, 1.82) is 0 Å². The van der Waals surface area contributed by atoms with Gasteiger partial charge in [-0.2, -0.15) is 0 Å². The fourth-order valence-electron chi connectivity index (χ4n) is 2.36. The highest BCUT2D eigenvalue weighted by molar-refractivity contribution is 7.99. The van der Waals surface area contributed by atoms with Crippen molar-refractivity contribution in [2.75, 3.05) is 0 Å². The molecule has 1 aromatic heterocycles. The average molecular weight is 295 g/mol. The molecule has 0 amide bonds. The van der Waals surface area contributed by atoms with Crippen LogP contribution < -0.4 is 0 Å². The molecule has 21 heavy (non-hydrogen) atoms. The summed E-state index contributed by atoms with van der Waals surface area (Å²) in [5.41, 5.74) is 4.32. The van der Waals surface area contributed by atoms with Gasteiger partial charge in [-0.1, -0.05) is 47.7 Å². The zero-order chi connectivity index (χ0) is 14.8. The van der Waals surface area contributed by atoms with Crippen LogP contribution in [-0.2, 0) is 6.61 Å². The van der Waals surface area contributed by atoms with Crippen LogP contribution in [-0.4, -0.2) is 10.1 Å². The van der Waals surface area contributed by atoms with Crippen LogP contribution in [0.15, 0.2) is 58.5 Å². The van der Waals surface area contributed by atoms with E-state index in [9.17, 15) is 5.11 Å². The number of aliphatic hydroxyl groups excluding tert-OH is 1. The number of pyridine rings is 1. The van der Waals surface area contributed by atoms with Crippen LogP contribution >= 0.6 is 11.8 Å². The van der Waals surface area contributed by atoms with Gasteiger partial charge in [0.25, 0.3) is 0 Å². The Morgan fingerprint density at radius 1 is 1.05 bits per heavy atom. The smallest absolute Gasteiger partial charge is 0.107 e. The standard InChI is InChI=1S/C18H17NOS/c1-12-7-8-17(13(2)9-12)21-18-15(11-20)10-14-5-3-4-6-16(14)19-18/h3-10,20H,11H2,1-2H3. The lowest BCUT2D eigenvalue weighted by molar-refractivity contribution is 0.278. The number of fused-ring (bicyclic) bond motifs is 1. The zero-order valence-electron chi connectivity index (χ0n) is 12.1. The summed E-state index contributed by atoms with van der Waals surface area (Å²) >= 11 is 1.62. The minimum absolute atomic E-state index is 0.00504. The SMILES string of the molecule is Cc1ccc(Sc2nc3ccccc3cc2CO)c(C)c1. The van der Waals surface area contributed by atoms with Crippen molar-refractivity contribution in [3.05, 3.63) is 65.2 Å². The van der Waals surface area contributed by atoms with Gasteiger partial charge in [0.15, 0.2) is 0 Å². The van der Waals surface area contributed by atoms with E-state index in [2.05, 4.69) is 32.0 Å². The Morgan fingerprint density at radius 2 is 1.86 bits per heavy atom. The summed E-state index contributed by atoms with van der Waals surface area (Å²) in [6.07, 6.45) is 0. The summed E-state index contributed by atoms with van der Waals surface area (Å²) in [4.78, 5) is 5.89. The van der Waals surface area contributed by atoms with Crippen molar-refractivity contribution in [3.63, 3.8) is 0 Å². The van der Waals surface area contributed by atoms with Crippen LogP contribution in [0.1, 0.15) is 16.7 Å². The lowest BCUT2D eigenvalue weighted by Crippen LogP contribution is -1.93. The van der Waals surface area contributed by atoms with E-state index in [1.165, 1.54) is 16.0 Å². The lowest BCUT2D eigenvalue weighted by atomic mass is 10.2. The van der Waals surface area contributed by atoms with Crippen LogP contribution in [0.25, 0.3) is 10.9 Å². The van der Waals surface area contributed by atoms with Crippen LogP contribution in [0.3, 0.4) is 0 Å². The average Bonchev–Trinajstić information content (AvgIpc) is 2.49. The first-order valence-electron chi connectivity index (χ1n) is 6.92. The highest BCUT2D eigenvalue weighted by atomic mass is 32.2. The number of aryl methyl sites for hydroxylation is 2. The molecule has 106 valence electrons. The second-order valence-electron chi connectivity index (χ2n) is 5.17. The number of hydrogen-bond donors (Lipinski definition) is 1. The lowest BCUT2D eigenvalue weighted by Gasteiger charge is -2.10. The first-order chi connectivity index (χ1) is 10.2. The maximum absolute atomic E-state index is 9.62. The summed E-state index contributed by atoms with van der Waals surface area (Å²) in [7, 11) is 0. The third-order valence-corrected chi connectivity index (χ3v) is 4.70. The van der Waals surface area contributed by atoms with Crippen molar-refractivity contribution >= 4 is 22.7 Å². The topological polar surface area (TPSA) is 33.1 Å². The number of para-hydroxylation sites is 1. The van der Waals surface area contributed by atoms with E-state index in [0.29, 0.717) is 0 Å². The molecule has 3 rings (SSSR count). The van der Waals surface area contributed by atoms with Gasteiger partial charge in [0, 0.05) is 15.8 Å². The molecule has 1 heterocycles. The number of hydrogen-bond acceptors (Lipinski definition) is 3. The quantitative estimate of drug-likeness (QED) is 0.772. The number of aliphatic hydroxyl groups is 1. The van der Waals surface area contributed by atoms with Gasteiger partial charge in [-0.25, -0.2) is 4.98 Å². The highest BCUT2D eigenvalue weighted by Gasteiger charge is 2.09. The molecule has 0 atom stereocenters. The normalized spacial score (nSPS) is 11.0. The molecule has 0 aliphatic heterocycles. The minimum Gasteiger partial charge on any atom is -0.392 e. The van der Waals surface area contributed by atoms with Crippen LogP contribution in [0.5, 0.6) is 0 Å². The van der Waals surface area contributed by atoms with Gasteiger partial charge in [0.05, 0.1) is 12.1 Å². The van der Waals surface area contributed by atoms with Crippen molar-refractivity contribution < 1.29 is 5.11 Å². The van der Waals surface area contributed by atoms with E-state index >= 15 is 0 Å². The summed E-state index contributed by atoms with van der Waals surface area (Å²) in [5, 5.41) is 11.6. The number of rotatable bonds is 3. The maximum Gasteiger partial charge on any atom is 0.107 e. The molecule has 3 aromatic rings. The first-order valence-corrected chi connectivity index (χ1v) is 7.73. The Balaban J connectivity index is 2.06. The van der Waals surface area contributed by atoms with E-state index in [1.54, 1.807) is 11.8 Å². The summed E-state index contributed by atoms with van der Waals surface area (Å²) in [5.74, 6) is 0. The van der Waals surface area contributed by atoms with Crippen molar-refractivity contribution in [1.82, 2.24) is 4.98 Å². The van der Waals surface area contributed by atoms with E-state index in [1.807, 2.05) is 30.3 Å². The molecule has 0 aliphatic rings. The minimum atomic E-state index is 0.00504. The van der Waals surface area contributed by atoms with Gasteiger partial charge in [0.1, 0.15) is 5.03 Å². The molecule has 0 aliphatic carbocycles.